The molecule has 2 aromatic rings. The van der Waals surface area contributed by atoms with Crippen LogP contribution in [0.4, 0.5) is 0 Å². The van der Waals surface area contributed by atoms with Crippen molar-refractivity contribution in [1.82, 2.24) is 14.4 Å². The van der Waals surface area contributed by atoms with Crippen LogP contribution >= 0.6 is 0 Å². The first-order valence-electron chi connectivity index (χ1n) is 12.2. The lowest BCUT2D eigenvalue weighted by atomic mass is 9.93. The number of nitrogens with zero attached hydrogens (tertiary/aromatic N) is 3. The third kappa shape index (κ3) is 4.91. The predicted octanol–water partition coefficient (Wildman–Crippen LogP) is 5.70. The highest BCUT2D eigenvalue weighted by molar-refractivity contribution is 5.87. The van der Waals surface area contributed by atoms with Gasteiger partial charge >= 0.3 is 0 Å². The number of unbranched alkanes of at least 4 members (excludes halogenated alkanes) is 2. The van der Waals surface area contributed by atoms with Crippen molar-refractivity contribution in [1.29, 1.82) is 0 Å². The maximum absolute atomic E-state index is 12.8. The molecule has 1 aliphatic rings. The van der Waals surface area contributed by atoms with Gasteiger partial charge in [-0.3, -0.25) is 4.79 Å². The molecule has 0 saturated carbocycles. The van der Waals surface area contributed by atoms with E-state index in [4.69, 9.17) is 0 Å². The first-order valence-corrected chi connectivity index (χ1v) is 12.2. The molecule has 2 heterocycles. The monoisotopic (exact) mass is 411 g/mol. The van der Waals surface area contributed by atoms with Crippen LogP contribution in [0, 0.1) is 0 Å². The molecule has 0 radical (unpaired) electrons. The summed E-state index contributed by atoms with van der Waals surface area (Å²) in [6, 6.07) is 8.93. The van der Waals surface area contributed by atoms with E-state index in [1.807, 2.05) is 6.92 Å². The van der Waals surface area contributed by atoms with Gasteiger partial charge in [-0.15, -0.1) is 0 Å². The summed E-state index contributed by atoms with van der Waals surface area (Å²) in [4.78, 5) is 17.6. The summed E-state index contributed by atoms with van der Waals surface area (Å²) in [7, 11) is 2.18. The lowest BCUT2D eigenvalue weighted by molar-refractivity contribution is -0.134. The summed E-state index contributed by atoms with van der Waals surface area (Å²) in [5.74, 6) is 0.296. The number of hydrogen-bond donors (Lipinski definition) is 0. The Bertz CT molecular complexity index is 817. The van der Waals surface area contributed by atoms with E-state index in [0.717, 1.165) is 32.4 Å². The number of fused-ring (bicyclic) bond motifs is 3. The van der Waals surface area contributed by atoms with Crippen LogP contribution in [-0.2, 0) is 18.3 Å². The molecule has 4 heteroatoms. The Kier molecular flexibility index (Phi) is 8.38. The largest absolute Gasteiger partial charge is 0.346 e. The molecule has 1 aromatic carbocycles. The molecule has 3 rings (SSSR count). The van der Waals surface area contributed by atoms with Crippen molar-refractivity contribution in [3.63, 3.8) is 0 Å². The average molecular weight is 412 g/mol. The number of carbonyl (C=O) groups excluding carboxylic acids is 1. The molecule has 0 saturated heterocycles. The van der Waals surface area contributed by atoms with Crippen molar-refractivity contribution >= 4 is 16.8 Å². The maximum Gasteiger partial charge on any atom is 0.222 e. The molecule has 1 amide bonds. The minimum Gasteiger partial charge on any atom is -0.346 e. The highest BCUT2D eigenvalue weighted by Gasteiger charge is 2.33. The molecule has 30 heavy (non-hydrogen) atoms. The van der Waals surface area contributed by atoms with E-state index in [2.05, 4.69) is 59.5 Å². The van der Waals surface area contributed by atoms with Gasteiger partial charge in [0, 0.05) is 36.6 Å². The van der Waals surface area contributed by atoms with Crippen LogP contribution in [0.15, 0.2) is 24.3 Å². The van der Waals surface area contributed by atoms with E-state index in [-0.39, 0.29) is 6.04 Å². The number of carbonyl (C=O) groups is 1. The zero-order chi connectivity index (χ0) is 21.5. The summed E-state index contributed by atoms with van der Waals surface area (Å²) < 4.78 is 2.36. The molecule has 0 N–H and O–H groups in total. The zero-order valence-electron chi connectivity index (χ0n) is 19.6. The Morgan fingerprint density at radius 3 is 2.37 bits per heavy atom. The number of rotatable bonds is 11. The molecule has 166 valence electrons. The fourth-order valence-corrected chi connectivity index (χ4v) is 5.12. The number of para-hydroxylation sites is 1. The molecule has 0 spiro atoms. The van der Waals surface area contributed by atoms with E-state index >= 15 is 0 Å². The van der Waals surface area contributed by atoms with Crippen molar-refractivity contribution < 1.29 is 4.79 Å². The van der Waals surface area contributed by atoms with E-state index in [1.54, 1.807) is 0 Å². The minimum atomic E-state index is 0.206. The minimum absolute atomic E-state index is 0.206. The van der Waals surface area contributed by atoms with Crippen LogP contribution in [0.2, 0.25) is 0 Å². The number of hydrogen-bond acceptors (Lipinski definition) is 2. The van der Waals surface area contributed by atoms with Crippen LogP contribution in [0.3, 0.4) is 0 Å². The van der Waals surface area contributed by atoms with Crippen molar-refractivity contribution in [3.05, 3.63) is 35.5 Å². The van der Waals surface area contributed by atoms with Crippen LogP contribution in [-0.4, -0.2) is 46.5 Å². The molecule has 1 atom stereocenters. The Morgan fingerprint density at radius 1 is 1.03 bits per heavy atom. The molecule has 4 nitrogen and oxygen atoms in total. The molecule has 1 unspecified atom stereocenters. The Morgan fingerprint density at radius 2 is 1.70 bits per heavy atom. The van der Waals surface area contributed by atoms with E-state index < -0.39 is 0 Å². The van der Waals surface area contributed by atoms with Crippen LogP contribution in [0.1, 0.15) is 83.0 Å². The molecule has 1 aromatic heterocycles. The highest BCUT2D eigenvalue weighted by atomic mass is 16.2. The van der Waals surface area contributed by atoms with Gasteiger partial charge in [0.1, 0.15) is 0 Å². The topological polar surface area (TPSA) is 28.5 Å². The van der Waals surface area contributed by atoms with Gasteiger partial charge in [-0.25, -0.2) is 0 Å². The second kappa shape index (κ2) is 11.0. The van der Waals surface area contributed by atoms with Crippen LogP contribution in [0.5, 0.6) is 0 Å². The molecular weight excluding hydrogens is 370 g/mol. The SMILES string of the molecule is CCCCN(CCCC)CCCC1c2c(c3ccccc3n2C)CCN1C(=O)CC. The molecule has 1 aliphatic heterocycles. The summed E-state index contributed by atoms with van der Waals surface area (Å²) >= 11 is 0. The number of amides is 1. The molecule has 0 fully saturated rings. The first-order chi connectivity index (χ1) is 14.6. The number of aromatic nitrogens is 1. The average Bonchev–Trinajstić information content (AvgIpc) is 3.07. The Balaban J connectivity index is 1.80. The molecular formula is C26H41N3O. The normalized spacial score (nSPS) is 16.4. The number of aryl methyl sites for hydroxylation is 1. The summed E-state index contributed by atoms with van der Waals surface area (Å²) in [6.07, 6.45) is 8.83. The fourth-order valence-electron chi connectivity index (χ4n) is 5.12. The maximum atomic E-state index is 12.8. The van der Waals surface area contributed by atoms with Gasteiger partial charge in [0.05, 0.1) is 6.04 Å². The second-order valence-corrected chi connectivity index (χ2v) is 8.84. The molecule has 0 bridgehead atoms. The lowest BCUT2D eigenvalue weighted by Gasteiger charge is -2.37. The van der Waals surface area contributed by atoms with Crippen molar-refractivity contribution in [2.24, 2.45) is 7.05 Å². The van der Waals surface area contributed by atoms with Gasteiger partial charge in [-0.2, -0.15) is 0 Å². The third-order valence-electron chi connectivity index (χ3n) is 6.79. The van der Waals surface area contributed by atoms with Gasteiger partial charge in [0.25, 0.3) is 0 Å². The van der Waals surface area contributed by atoms with Gasteiger partial charge in [-0.1, -0.05) is 51.8 Å². The summed E-state index contributed by atoms with van der Waals surface area (Å²) in [5.41, 5.74) is 4.14. The van der Waals surface area contributed by atoms with Crippen molar-refractivity contribution in [3.8, 4) is 0 Å². The standard InChI is InChI=1S/C26H41N3O/c1-5-8-17-28(18-9-6-2)19-12-15-24-26-22(16-20-29(24)25(30)7-3)21-13-10-11-14-23(21)27(26)4/h10-11,13-14,24H,5-9,12,15-20H2,1-4H3. The van der Waals surface area contributed by atoms with E-state index in [9.17, 15) is 4.79 Å². The zero-order valence-corrected chi connectivity index (χ0v) is 19.6. The van der Waals surface area contributed by atoms with E-state index in [0.29, 0.717) is 12.3 Å². The summed E-state index contributed by atoms with van der Waals surface area (Å²) in [5, 5.41) is 1.37. The van der Waals surface area contributed by atoms with Gasteiger partial charge in [0.2, 0.25) is 5.91 Å². The molecule has 0 aliphatic carbocycles. The van der Waals surface area contributed by atoms with Crippen LogP contribution in [0.25, 0.3) is 10.9 Å². The Labute approximate surface area is 183 Å². The third-order valence-corrected chi connectivity index (χ3v) is 6.79. The Hall–Kier alpha value is -1.81. The van der Waals surface area contributed by atoms with Gasteiger partial charge in [-0.05, 0) is 63.4 Å². The van der Waals surface area contributed by atoms with Gasteiger partial charge < -0.3 is 14.4 Å². The first kappa shape index (κ1) is 22.9. The number of benzene rings is 1. The van der Waals surface area contributed by atoms with Crippen molar-refractivity contribution in [2.45, 2.75) is 78.2 Å². The smallest absolute Gasteiger partial charge is 0.222 e. The van der Waals surface area contributed by atoms with Crippen molar-refractivity contribution in [2.75, 3.05) is 26.2 Å². The quantitative estimate of drug-likeness (QED) is 0.475. The van der Waals surface area contributed by atoms with E-state index in [1.165, 1.54) is 60.9 Å². The predicted molar refractivity (Wildman–Crippen MR) is 127 cm³/mol. The van der Waals surface area contributed by atoms with Gasteiger partial charge in [0.15, 0.2) is 0 Å². The second-order valence-electron chi connectivity index (χ2n) is 8.84. The highest BCUT2D eigenvalue weighted by Crippen LogP contribution is 2.39. The summed E-state index contributed by atoms with van der Waals surface area (Å²) in [6.45, 7) is 11.0. The fraction of sp³-hybridized carbons (Fsp3) is 0.654. The lowest BCUT2D eigenvalue weighted by Crippen LogP contribution is -2.40. The van der Waals surface area contributed by atoms with Crippen LogP contribution < -0.4 is 0 Å².